The molecular weight excluding hydrogens is 331 g/mol. The molecule has 0 radical (unpaired) electrons. The van der Waals surface area contributed by atoms with Gasteiger partial charge in [0.05, 0.1) is 6.04 Å². The lowest BCUT2D eigenvalue weighted by Gasteiger charge is -2.12. The standard InChI is InChI=1S/C14H18F3N3O2S/c1-23-7-6-11(18)13(22)20-10-4-2-9(3-5-10)12(21)19-8-14(15,16)17/h2-5,11H,6-8,18H2,1H3,(H,19,21)(H,20,22)/t11-/m0/s1. The van der Waals surface area contributed by atoms with E-state index in [1.165, 1.54) is 24.3 Å². The highest BCUT2D eigenvalue weighted by Gasteiger charge is 2.27. The number of nitrogens with two attached hydrogens (primary N) is 1. The van der Waals surface area contributed by atoms with Crippen LogP contribution in [0.4, 0.5) is 18.9 Å². The van der Waals surface area contributed by atoms with Crippen LogP contribution < -0.4 is 16.4 Å². The lowest BCUT2D eigenvalue weighted by molar-refractivity contribution is -0.123. The quantitative estimate of drug-likeness (QED) is 0.703. The van der Waals surface area contributed by atoms with Gasteiger partial charge < -0.3 is 16.4 Å². The van der Waals surface area contributed by atoms with Gasteiger partial charge >= 0.3 is 6.18 Å². The van der Waals surface area contributed by atoms with Gasteiger partial charge in [0.15, 0.2) is 0 Å². The van der Waals surface area contributed by atoms with Gasteiger partial charge in [0.1, 0.15) is 6.54 Å². The Morgan fingerprint density at radius 3 is 2.39 bits per heavy atom. The summed E-state index contributed by atoms with van der Waals surface area (Å²) in [4.78, 5) is 23.3. The van der Waals surface area contributed by atoms with Crippen LogP contribution in [0.15, 0.2) is 24.3 Å². The van der Waals surface area contributed by atoms with Crippen molar-refractivity contribution in [3.63, 3.8) is 0 Å². The van der Waals surface area contributed by atoms with Crippen molar-refractivity contribution in [2.24, 2.45) is 5.73 Å². The van der Waals surface area contributed by atoms with Gasteiger partial charge in [-0.2, -0.15) is 24.9 Å². The second-order valence-electron chi connectivity index (χ2n) is 4.75. The molecule has 0 saturated carbocycles. The van der Waals surface area contributed by atoms with Crippen LogP contribution in [-0.4, -0.2) is 42.6 Å². The molecule has 1 aromatic carbocycles. The van der Waals surface area contributed by atoms with Crippen LogP contribution in [0.1, 0.15) is 16.8 Å². The first-order valence-corrected chi connectivity index (χ1v) is 8.12. The molecule has 9 heteroatoms. The number of carbonyl (C=O) groups excluding carboxylic acids is 2. The first kappa shape index (κ1) is 19.3. The van der Waals surface area contributed by atoms with E-state index in [2.05, 4.69) is 5.32 Å². The summed E-state index contributed by atoms with van der Waals surface area (Å²) in [5.74, 6) is -0.433. The van der Waals surface area contributed by atoms with Crippen molar-refractivity contribution >= 4 is 29.3 Å². The smallest absolute Gasteiger partial charge is 0.343 e. The van der Waals surface area contributed by atoms with Crippen molar-refractivity contribution in [2.75, 3.05) is 23.9 Å². The lowest BCUT2D eigenvalue weighted by Crippen LogP contribution is -2.36. The largest absolute Gasteiger partial charge is 0.405 e. The molecule has 2 amide bonds. The van der Waals surface area contributed by atoms with Crippen molar-refractivity contribution in [2.45, 2.75) is 18.6 Å². The van der Waals surface area contributed by atoms with Crippen LogP contribution in [0.3, 0.4) is 0 Å². The summed E-state index contributed by atoms with van der Waals surface area (Å²) in [6.45, 7) is -1.39. The molecule has 0 aliphatic carbocycles. The van der Waals surface area contributed by atoms with Crippen LogP contribution in [0.2, 0.25) is 0 Å². The average Bonchev–Trinajstić information content (AvgIpc) is 2.50. The predicted molar refractivity (Wildman–Crippen MR) is 84.4 cm³/mol. The van der Waals surface area contributed by atoms with Crippen molar-refractivity contribution in [3.05, 3.63) is 29.8 Å². The molecule has 5 nitrogen and oxygen atoms in total. The van der Waals surface area contributed by atoms with Gasteiger partial charge in [0.25, 0.3) is 5.91 Å². The number of hydrogen-bond donors (Lipinski definition) is 3. The molecule has 1 rings (SSSR count). The molecule has 0 heterocycles. The number of halogens is 3. The molecule has 0 aromatic heterocycles. The van der Waals surface area contributed by atoms with Crippen LogP contribution in [0, 0.1) is 0 Å². The zero-order valence-electron chi connectivity index (χ0n) is 12.4. The zero-order chi connectivity index (χ0) is 17.5. The van der Waals surface area contributed by atoms with E-state index in [1.54, 1.807) is 17.1 Å². The predicted octanol–water partition coefficient (Wildman–Crippen LogP) is 2.00. The van der Waals surface area contributed by atoms with E-state index in [0.717, 1.165) is 5.75 Å². The van der Waals surface area contributed by atoms with Crippen molar-refractivity contribution in [1.29, 1.82) is 0 Å². The molecule has 4 N–H and O–H groups in total. The minimum absolute atomic E-state index is 0.0685. The number of carbonyl (C=O) groups is 2. The fourth-order valence-corrected chi connectivity index (χ4v) is 2.09. The molecule has 23 heavy (non-hydrogen) atoms. The number of amides is 2. The van der Waals surface area contributed by atoms with Crippen molar-refractivity contribution in [3.8, 4) is 0 Å². The fraction of sp³-hybridized carbons (Fsp3) is 0.429. The normalized spacial score (nSPS) is 12.6. The van der Waals surface area contributed by atoms with E-state index < -0.39 is 24.7 Å². The number of hydrogen-bond acceptors (Lipinski definition) is 4. The maximum absolute atomic E-state index is 12.0. The van der Waals surface area contributed by atoms with Gasteiger partial charge in [-0.3, -0.25) is 9.59 Å². The minimum Gasteiger partial charge on any atom is -0.343 e. The Hall–Kier alpha value is -1.74. The summed E-state index contributed by atoms with van der Waals surface area (Å²) in [6.07, 6.45) is -2.02. The molecule has 0 spiro atoms. The second kappa shape index (κ2) is 8.78. The van der Waals surface area contributed by atoms with Gasteiger partial charge in [0.2, 0.25) is 5.91 Å². The van der Waals surface area contributed by atoms with E-state index in [9.17, 15) is 22.8 Å². The summed E-state index contributed by atoms with van der Waals surface area (Å²) in [6, 6.07) is 4.88. The van der Waals surface area contributed by atoms with Crippen LogP contribution in [0.5, 0.6) is 0 Å². The third kappa shape index (κ3) is 7.38. The number of nitrogens with one attached hydrogen (secondary N) is 2. The molecule has 0 aliphatic heterocycles. The number of alkyl halides is 3. The van der Waals surface area contributed by atoms with Gasteiger partial charge in [0, 0.05) is 11.3 Å². The maximum atomic E-state index is 12.0. The SMILES string of the molecule is CSCC[C@H](N)C(=O)Nc1ccc(C(=O)NCC(F)(F)F)cc1. The van der Waals surface area contributed by atoms with Crippen LogP contribution in [0.25, 0.3) is 0 Å². The molecular formula is C14H18F3N3O2S. The Kier molecular flexibility index (Phi) is 7.37. The molecule has 128 valence electrons. The third-order valence-electron chi connectivity index (χ3n) is 2.83. The molecule has 0 fully saturated rings. The third-order valence-corrected chi connectivity index (χ3v) is 3.48. The molecule has 0 aliphatic rings. The monoisotopic (exact) mass is 349 g/mol. The molecule has 0 bridgehead atoms. The highest BCUT2D eigenvalue weighted by atomic mass is 32.2. The Balaban J connectivity index is 2.56. The first-order chi connectivity index (χ1) is 10.7. The van der Waals surface area contributed by atoms with Crippen LogP contribution in [-0.2, 0) is 4.79 Å². The molecule has 1 atom stereocenters. The minimum atomic E-state index is -4.46. The summed E-state index contributed by atoms with van der Waals surface area (Å²) >= 11 is 1.58. The molecule has 1 aromatic rings. The van der Waals surface area contributed by atoms with Crippen LogP contribution >= 0.6 is 11.8 Å². The number of anilines is 1. The van der Waals surface area contributed by atoms with E-state index in [0.29, 0.717) is 12.1 Å². The fourth-order valence-electron chi connectivity index (χ4n) is 1.60. The van der Waals surface area contributed by atoms with E-state index in [-0.39, 0.29) is 11.5 Å². The summed E-state index contributed by atoms with van der Waals surface area (Å²) in [5.41, 5.74) is 6.20. The van der Waals surface area contributed by atoms with E-state index >= 15 is 0 Å². The van der Waals surface area contributed by atoms with E-state index in [1.807, 2.05) is 6.26 Å². The van der Waals surface area contributed by atoms with Gasteiger partial charge in [-0.25, -0.2) is 0 Å². The Morgan fingerprint density at radius 1 is 1.26 bits per heavy atom. The molecule has 0 saturated heterocycles. The molecule has 0 unspecified atom stereocenters. The lowest BCUT2D eigenvalue weighted by atomic mass is 10.1. The Morgan fingerprint density at radius 2 is 1.87 bits per heavy atom. The maximum Gasteiger partial charge on any atom is 0.405 e. The number of thioether (sulfide) groups is 1. The Labute approximate surface area is 136 Å². The number of rotatable bonds is 7. The van der Waals surface area contributed by atoms with E-state index in [4.69, 9.17) is 5.73 Å². The van der Waals surface area contributed by atoms with Crippen molar-refractivity contribution < 1.29 is 22.8 Å². The van der Waals surface area contributed by atoms with Gasteiger partial charge in [-0.1, -0.05) is 0 Å². The Bertz CT molecular complexity index is 535. The van der Waals surface area contributed by atoms with Gasteiger partial charge in [-0.05, 0) is 42.7 Å². The zero-order valence-corrected chi connectivity index (χ0v) is 13.3. The highest BCUT2D eigenvalue weighted by Crippen LogP contribution is 2.14. The summed E-state index contributed by atoms with van der Waals surface area (Å²) in [7, 11) is 0. The average molecular weight is 349 g/mol. The highest BCUT2D eigenvalue weighted by molar-refractivity contribution is 7.98. The number of benzene rings is 1. The second-order valence-corrected chi connectivity index (χ2v) is 5.74. The summed E-state index contributed by atoms with van der Waals surface area (Å²) < 4.78 is 36.1. The van der Waals surface area contributed by atoms with Crippen molar-refractivity contribution in [1.82, 2.24) is 5.32 Å². The van der Waals surface area contributed by atoms with Gasteiger partial charge in [-0.15, -0.1) is 0 Å². The topological polar surface area (TPSA) is 84.2 Å². The summed E-state index contributed by atoms with van der Waals surface area (Å²) in [5, 5.41) is 4.36. The first-order valence-electron chi connectivity index (χ1n) is 6.73.